The third-order valence-electron chi connectivity index (χ3n) is 3.00. The van der Waals surface area contributed by atoms with Gasteiger partial charge in [-0.2, -0.15) is 0 Å². The number of guanidine groups is 1. The molecule has 0 saturated carbocycles. The molecule has 0 heterocycles. The molecule has 0 aromatic heterocycles. The number of hydrogen-bond acceptors (Lipinski definition) is 3. The first-order valence-corrected chi connectivity index (χ1v) is 7.56. The molecule has 0 aliphatic heterocycles. The Hall–Kier alpha value is -1.44. The minimum absolute atomic E-state index is 0. The highest BCUT2D eigenvalue weighted by atomic mass is 127. The van der Waals surface area contributed by atoms with E-state index in [1.165, 1.54) is 0 Å². The van der Waals surface area contributed by atoms with Gasteiger partial charge in [0.05, 0.1) is 13.7 Å². The molecule has 1 aromatic rings. The third-order valence-corrected chi connectivity index (χ3v) is 3.00. The Balaban J connectivity index is 0.00000484. The maximum atomic E-state index is 5.86. The van der Waals surface area contributed by atoms with Crippen LogP contribution in [0.5, 0.6) is 11.5 Å². The summed E-state index contributed by atoms with van der Waals surface area (Å²) in [6.07, 6.45) is 5.16. The van der Waals surface area contributed by atoms with Crippen LogP contribution in [-0.4, -0.2) is 39.3 Å². The topological polar surface area (TPSA) is 54.9 Å². The number of benzene rings is 1. The van der Waals surface area contributed by atoms with Crippen LogP contribution in [0.2, 0.25) is 0 Å². The molecule has 1 aromatic carbocycles. The van der Waals surface area contributed by atoms with E-state index in [4.69, 9.17) is 9.47 Å². The number of nitrogens with one attached hydrogen (secondary N) is 2. The molecule has 6 heteroatoms. The highest BCUT2D eigenvalue weighted by Gasteiger charge is 2.06. The summed E-state index contributed by atoms with van der Waals surface area (Å²) in [6.45, 7) is 5.56. The van der Waals surface area contributed by atoms with Gasteiger partial charge < -0.3 is 20.1 Å². The standard InChI is InChI=1S/C17H27N3O2.HI/c1-5-6-7-11-19-17(18-3)20-13-14(2)22-16-10-8-9-15(12-16)21-4;/h5-6,8-10,12,14H,7,11,13H2,1-4H3,(H2,18,19,20);1H/b6-5+;. The van der Waals surface area contributed by atoms with E-state index in [-0.39, 0.29) is 30.1 Å². The lowest BCUT2D eigenvalue weighted by Gasteiger charge is -2.18. The van der Waals surface area contributed by atoms with Gasteiger partial charge in [0, 0.05) is 19.7 Å². The first-order chi connectivity index (χ1) is 10.7. The normalized spacial score (nSPS) is 12.4. The van der Waals surface area contributed by atoms with Crippen LogP contribution in [0.25, 0.3) is 0 Å². The molecule has 0 amide bonds. The summed E-state index contributed by atoms with van der Waals surface area (Å²) in [5.74, 6) is 2.37. The van der Waals surface area contributed by atoms with E-state index in [0.29, 0.717) is 6.54 Å². The summed E-state index contributed by atoms with van der Waals surface area (Å²) in [5, 5.41) is 6.51. The Kier molecular flexibility index (Phi) is 12.2. The zero-order valence-electron chi connectivity index (χ0n) is 14.3. The van der Waals surface area contributed by atoms with Gasteiger partial charge in [0.2, 0.25) is 0 Å². The fourth-order valence-electron chi connectivity index (χ4n) is 1.85. The summed E-state index contributed by atoms with van der Waals surface area (Å²) in [5.41, 5.74) is 0. The zero-order valence-corrected chi connectivity index (χ0v) is 16.7. The molecule has 0 saturated heterocycles. The quantitative estimate of drug-likeness (QED) is 0.217. The Bertz CT molecular complexity index is 492. The summed E-state index contributed by atoms with van der Waals surface area (Å²) in [7, 11) is 3.41. The predicted octanol–water partition coefficient (Wildman–Crippen LogP) is 3.21. The highest BCUT2D eigenvalue weighted by molar-refractivity contribution is 14.0. The van der Waals surface area contributed by atoms with Crippen LogP contribution >= 0.6 is 24.0 Å². The SMILES string of the molecule is C/C=C/CCNC(=NC)NCC(C)Oc1cccc(OC)c1.I. The van der Waals surface area contributed by atoms with Gasteiger partial charge in [0.25, 0.3) is 0 Å². The van der Waals surface area contributed by atoms with Crippen LogP contribution in [0.1, 0.15) is 20.3 Å². The Morgan fingerprint density at radius 2 is 2.04 bits per heavy atom. The molecule has 23 heavy (non-hydrogen) atoms. The summed E-state index contributed by atoms with van der Waals surface area (Å²) in [6, 6.07) is 7.60. The number of halogens is 1. The maximum absolute atomic E-state index is 5.86. The Morgan fingerprint density at radius 1 is 1.30 bits per heavy atom. The van der Waals surface area contributed by atoms with E-state index in [9.17, 15) is 0 Å². The molecule has 1 rings (SSSR count). The van der Waals surface area contributed by atoms with E-state index in [1.807, 2.05) is 44.2 Å². The number of hydrogen-bond donors (Lipinski definition) is 2. The van der Waals surface area contributed by atoms with E-state index >= 15 is 0 Å². The van der Waals surface area contributed by atoms with Crippen molar-refractivity contribution in [2.75, 3.05) is 27.2 Å². The number of allylic oxidation sites excluding steroid dienone is 1. The smallest absolute Gasteiger partial charge is 0.191 e. The minimum Gasteiger partial charge on any atom is -0.497 e. The number of methoxy groups -OCH3 is 1. The third kappa shape index (κ3) is 9.32. The molecular weight excluding hydrogens is 405 g/mol. The molecule has 0 bridgehead atoms. The van der Waals surface area contributed by atoms with E-state index in [1.54, 1.807) is 14.2 Å². The average molecular weight is 433 g/mol. The molecule has 1 unspecified atom stereocenters. The van der Waals surface area contributed by atoms with Gasteiger partial charge in [0.1, 0.15) is 17.6 Å². The van der Waals surface area contributed by atoms with Crippen molar-refractivity contribution in [3.05, 3.63) is 36.4 Å². The number of aliphatic imine (C=N–C) groups is 1. The largest absolute Gasteiger partial charge is 0.497 e. The minimum atomic E-state index is 0. The van der Waals surface area contributed by atoms with Gasteiger partial charge in [-0.05, 0) is 32.4 Å². The number of ether oxygens (including phenoxy) is 2. The van der Waals surface area contributed by atoms with E-state index in [0.717, 1.165) is 30.4 Å². The van der Waals surface area contributed by atoms with Crippen molar-refractivity contribution in [3.8, 4) is 11.5 Å². The predicted molar refractivity (Wildman–Crippen MR) is 107 cm³/mol. The van der Waals surface area contributed by atoms with Crippen molar-refractivity contribution in [1.29, 1.82) is 0 Å². The molecule has 5 nitrogen and oxygen atoms in total. The molecule has 0 fully saturated rings. The van der Waals surface area contributed by atoms with Crippen molar-refractivity contribution < 1.29 is 9.47 Å². The maximum Gasteiger partial charge on any atom is 0.191 e. The molecule has 2 N–H and O–H groups in total. The lowest BCUT2D eigenvalue weighted by Crippen LogP contribution is -2.42. The second-order valence-electron chi connectivity index (χ2n) is 4.85. The van der Waals surface area contributed by atoms with Crippen LogP contribution < -0.4 is 20.1 Å². The second kappa shape index (κ2) is 13.0. The van der Waals surface area contributed by atoms with Crippen molar-refractivity contribution in [2.24, 2.45) is 4.99 Å². The van der Waals surface area contributed by atoms with E-state index < -0.39 is 0 Å². The van der Waals surface area contributed by atoms with Gasteiger partial charge in [-0.3, -0.25) is 4.99 Å². The summed E-state index contributed by atoms with van der Waals surface area (Å²) in [4.78, 5) is 4.19. The molecule has 0 aliphatic carbocycles. The van der Waals surface area contributed by atoms with Crippen LogP contribution in [-0.2, 0) is 0 Å². The fraction of sp³-hybridized carbons (Fsp3) is 0.471. The fourth-order valence-corrected chi connectivity index (χ4v) is 1.85. The van der Waals surface area contributed by atoms with E-state index in [2.05, 4.69) is 21.7 Å². The van der Waals surface area contributed by atoms with Crippen molar-refractivity contribution in [2.45, 2.75) is 26.4 Å². The lowest BCUT2D eigenvalue weighted by atomic mass is 10.3. The van der Waals surface area contributed by atoms with Crippen LogP contribution in [0.4, 0.5) is 0 Å². The summed E-state index contributed by atoms with van der Waals surface area (Å²) >= 11 is 0. The van der Waals surface area contributed by atoms with Gasteiger partial charge in [-0.15, -0.1) is 24.0 Å². The first kappa shape index (κ1) is 21.6. The van der Waals surface area contributed by atoms with Gasteiger partial charge in [0.15, 0.2) is 5.96 Å². The summed E-state index contributed by atoms with van der Waals surface area (Å²) < 4.78 is 11.0. The Morgan fingerprint density at radius 3 is 2.70 bits per heavy atom. The molecule has 130 valence electrons. The van der Waals surface area contributed by atoms with Gasteiger partial charge in [-0.1, -0.05) is 18.2 Å². The van der Waals surface area contributed by atoms with Crippen molar-refractivity contribution in [3.63, 3.8) is 0 Å². The van der Waals surface area contributed by atoms with Gasteiger partial charge >= 0.3 is 0 Å². The van der Waals surface area contributed by atoms with Crippen molar-refractivity contribution >= 4 is 29.9 Å². The molecular formula is C17H28IN3O2. The average Bonchev–Trinajstić information content (AvgIpc) is 2.54. The van der Waals surface area contributed by atoms with Gasteiger partial charge in [-0.25, -0.2) is 0 Å². The van der Waals surface area contributed by atoms with Crippen LogP contribution in [0.15, 0.2) is 41.4 Å². The first-order valence-electron chi connectivity index (χ1n) is 7.56. The Labute approximate surface area is 156 Å². The lowest BCUT2D eigenvalue weighted by molar-refractivity contribution is 0.223. The monoisotopic (exact) mass is 433 g/mol. The highest BCUT2D eigenvalue weighted by Crippen LogP contribution is 2.19. The van der Waals surface area contributed by atoms with Crippen LogP contribution in [0, 0.1) is 0 Å². The zero-order chi connectivity index (χ0) is 16.2. The van der Waals surface area contributed by atoms with Crippen LogP contribution in [0.3, 0.4) is 0 Å². The number of nitrogens with zero attached hydrogens (tertiary/aromatic N) is 1. The molecule has 0 aliphatic rings. The molecule has 0 radical (unpaired) electrons. The molecule has 0 spiro atoms. The molecule has 1 atom stereocenters. The second-order valence-corrected chi connectivity index (χ2v) is 4.85. The number of rotatable bonds is 8. The van der Waals surface area contributed by atoms with Crippen molar-refractivity contribution in [1.82, 2.24) is 10.6 Å².